The van der Waals surface area contributed by atoms with E-state index in [2.05, 4.69) is 10.6 Å². The van der Waals surface area contributed by atoms with Crippen molar-refractivity contribution in [2.75, 3.05) is 13.1 Å². The number of carbonyl (C=O) groups is 5. The van der Waals surface area contributed by atoms with Gasteiger partial charge < -0.3 is 15.7 Å². The summed E-state index contributed by atoms with van der Waals surface area (Å²) in [5, 5.41) is 13.8. The lowest BCUT2D eigenvalue weighted by Gasteiger charge is -2.17. The number of nitrogens with one attached hydrogen (secondary N) is 2. The van der Waals surface area contributed by atoms with Gasteiger partial charge in [-0.15, -0.1) is 0 Å². The number of nitrogens with zero attached hydrogens (tertiary/aromatic N) is 1. The van der Waals surface area contributed by atoms with Crippen molar-refractivity contribution < 1.29 is 29.1 Å². The summed E-state index contributed by atoms with van der Waals surface area (Å²) < 4.78 is 0. The van der Waals surface area contributed by atoms with Crippen molar-refractivity contribution in [2.24, 2.45) is 5.92 Å². The van der Waals surface area contributed by atoms with E-state index in [4.69, 9.17) is 5.11 Å². The summed E-state index contributed by atoms with van der Waals surface area (Å²) >= 11 is 0. The van der Waals surface area contributed by atoms with E-state index in [1.54, 1.807) is 24.3 Å². The van der Waals surface area contributed by atoms with Crippen LogP contribution >= 0.6 is 0 Å². The molecule has 0 spiro atoms. The molecule has 1 heterocycles. The van der Waals surface area contributed by atoms with E-state index in [0.717, 1.165) is 4.90 Å². The number of imide groups is 1. The highest BCUT2D eigenvalue weighted by atomic mass is 16.4. The van der Waals surface area contributed by atoms with Crippen LogP contribution in [-0.4, -0.2) is 58.7 Å². The average molecular weight is 389 g/mol. The second-order valence-corrected chi connectivity index (χ2v) is 6.92. The molecule has 1 aromatic carbocycles. The quantitative estimate of drug-likeness (QED) is 0.524. The third-order valence-corrected chi connectivity index (χ3v) is 4.23. The molecule has 9 nitrogen and oxygen atoms in total. The summed E-state index contributed by atoms with van der Waals surface area (Å²) in [7, 11) is 0. The number of carboxylic acid groups (broad SMARTS) is 1. The Kier molecular flexibility index (Phi) is 6.86. The van der Waals surface area contributed by atoms with Crippen LogP contribution in [0.2, 0.25) is 0 Å². The Morgan fingerprint density at radius 2 is 1.61 bits per heavy atom. The minimum Gasteiger partial charge on any atom is -0.480 e. The van der Waals surface area contributed by atoms with Crippen LogP contribution in [0.25, 0.3) is 0 Å². The van der Waals surface area contributed by atoms with Crippen LogP contribution in [0.1, 0.15) is 47.4 Å². The van der Waals surface area contributed by atoms with Crippen molar-refractivity contribution in [3.63, 3.8) is 0 Å². The Bertz CT molecular complexity index is 770. The van der Waals surface area contributed by atoms with Crippen molar-refractivity contribution in [3.8, 4) is 0 Å². The third-order valence-electron chi connectivity index (χ3n) is 4.23. The van der Waals surface area contributed by atoms with E-state index in [1.165, 1.54) is 0 Å². The summed E-state index contributed by atoms with van der Waals surface area (Å²) in [6.07, 6.45) is 0.113. The van der Waals surface area contributed by atoms with Gasteiger partial charge in [0.05, 0.1) is 17.7 Å². The highest BCUT2D eigenvalue weighted by Crippen LogP contribution is 2.22. The standard InChI is InChI=1S/C19H23N3O6/c1-11(2)9-14(19(27)28)21-16(24)10-20-15(23)7-8-22-17(25)12-5-3-4-6-13(12)18(22)26/h3-6,11,14H,7-10H2,1-2H3,(H,20,23)(H,21,24)(H,27,28)/t14-/m0/s1. The van der Waals surface area contributed by atoms with Crippen LogP contribution in [0.15, 0.2) is 24.3 Å². The van der Waals surface area contributed by atoms with Gasteiger partial charge in [0.15, 0.2) is 0 Å². The minimum atomic E-state index is -1.14. The fraction of sp³-hybridized carbons (Fsp3) is 0.421. The Labute approximate surface area is 162 Å². The molecule has 0 saturated carbocycles. The fourth-order valence-electron chi connectivity index (χ4n) is 2.86. The highest BCUT2D eigenvalue weighted by molar-refractivity contribution is 6.21. The first-order valence-corrected chi connectivity index (χ1v) is 8.94. The lowest BCUT2D eigenvalue weighted by atomic mass is 10.0. The van der Waals surface area contributed by atoms with Gasteiger partial charge in [-0.3, -0.25) is 24.1 Å². The molecule has 150 valence electrons. The van der Waals surface area contributed by atoms with Crippen LogP contribution in [0, 0.1) is 5.92 Å². The van der Waals surface area contributed by atoms with Gasteiger partial charge in [-0.05, 0) is 24.5 Å². The maximum absolute atomic E-state index is 12.2. The van der Waals surface area contributed by atoms with E-state index in [-0.39, 0.29) is 31.8 Å². The second-order valence-electron chi connectivity index (χ2n) is 6.92. The number of amides is 4. The Morgan fingerprint density at radius 3 is 2.11 bits per heavy atom. The van der Waals surface area contributed by atoms with Crippen molar-refractivity contribution in [1.82, 2.24) is 15.5 Å². The maximum Gasteiger partial charge on any atom is 0.326 e. The topological polar surface area (TPSA) is 133 Å². The predicted octanol–water partition coefficient (Wildman–Crippen LogP) is 0.404. The number of fused-ring (bicyclic) bond motifs is 1. The molecule has 0 radical (unpaired) electrons. The molecular formula is C19H23N3O6. The zero-order valence-corrected chi connectivity index (χ0v) is 15.7. The van der Waals surface area contributed by atoms with Gasteiger partial charge in [-0.25, -0.2) is 4.79 Å². The van der Waals surface area contributed by atoms with Crippen LogP contribution in [0.3, 0.4) is 0 Å². The Balaban J connectivity index is 1.79. The smallest absolute Gasteiger partial charge is 0.326 e. The first kappa shape index (κ1) is 21.1. The van der Waals surface area contributed by atoms with Gasteiger partial charge in [0.1, 0.15) is 6.04 Å². The van der Waals surface area contributed by atoms with Gasteiger partial charge >= 0.3 is 5.97 Å². The second kappa shape index (κ2) is 9.12. The third kappa shape index (κ3) is 5.15. The normalized spacial score (nSPS) is 14.0. The number of benzene rings is 1. The zero-order valence-electron chi connectivity index (χ0n) is 15.7. The molecule has 1 atom stereocenters. The Morgan fingerprint density at radius 1 is 1.04 bits per heavy atom. The van der Waals surface area contributed by atoms with Gasteiger partial charge in [0, 0.05) is 13.0 Å². The number of aliphatic carboxylic acids is 1. The van der Waals surface area contributed by atoms with Crippen molar-refractivity contribution in [1.29, 1.82) is 0 Å². The zero-order chi connectivity index (χ0) is 20.8. The molecule has 0 unspecified atom stereocenters. The summed E-state index contributed by atoms with van der Waals surface area (Å²) in [6.45, 7) is 3.18. The van der Waals surface area contributed by atoms with E-state index < -0.39 is 35.6 Å². The first-order chi connectivity index (χ1) is 13.2. The minimum absolute atomic E-state index is 0.0793. The molecule has 2 rings (SSSR count). The SMILES string of the molecule is CC(C)C[C@H](NC(=O)CNC(=O)CCN1C(=O)c2ccccc2C1=O)C(=O)O. The van der Waals surface area contributed by atoms with Gasteiger partial charge in [0.25, 0.3) is 11.8 Å². The van der Waals surface area contributed by atoms with E-state index >= 15 is 0 Å². The van der Waals surface area contributed by atoms with E-state index in [9.17, 15) is 24.0 Å². The molecule has 0 fully saturated rings. The predicted molar refractivity (Wildman–Crippen MR) is 98.5 cm³/mol. The molecule has 28 heavy (non-hydrogen) atoms. The monoisotopic (exact) mass is 389 g/mol. The number of carboxylic acids is 1. The van der Waals surface area contributed by atoms with Crippen molar-refractivity contribution in [3.05, 3.63) is 35.4 Å². The molecule has 0 aromatic heterocycles. The van der Waals surface area contributed by atoms with Gasteiger partial charge in [0.2, 0.25) is 11.8 Å². The first-order valence-electron chi connectivity index (χ1n) is 8.94. The summed E-state index contributed by atoms with van der Waals surface area (Å²) in [4.78, 5) is 60.3. The van der Waals surface area contributed by atoms with Crippen LogP contribution in [0.5, 0.6) is 0 Å². The molecule has 1 aliphatic rings. The molecule has 0 saturated heterocycles. The number of rotatable bonds is 9. The van der Waals surface area contributed by atoms with Crippen molar-refractivity contribution in [2.45, 2.75) is 32.7 Å². The number of hydrogen-bond acceptors (Lipinski definition) is 5. The van der Waals surface area contributed by atoms with Crippen molar-refractivity contribution >= 4 is 29.6 Å². The summed E-state index contributed by atoms with van der Waals surface area (Å²) in [5.74, 6) is -3.12. The molecule has 4 amide bonds. The molecule has 0 bridgehead atoms. The average Bonchev–Trinajstić information content (AvgIpc) is 2.88. The number of hydrogen-bond donors (Lipinski definition) is 3. The number of carbonyl (C=O) groups excluding carboxylic acids is 4. The summed E-state index contributed by atoms with van der Waals surface area (Å²) in [6, 6.07) is 5.39. The largest absolute Gasteiger partial charge is 0.480 e. The fourth-order valence-corrected chi connectivity index (χ4v) is 2.86. The maximum atomic E-state index is 12.2. The molecular weight excluding hydrogens is 366 g/mol. The lowest BCUT2D eigenvalue weighted by molar-refractivity contribution is -0.142. The highest BCUT2D eigenvalue weighted by Gasteiger charge is 2.35. The van der Waals surface area contributed by atoms with Crippen LogP contribution < -0.4 is 10.6 Å². The molecule has 9 heteroatoms. The molecule has 3 N–H and O–H groups in total. The molecule has 1 aromatic rings. The summed E-state index contributed by atoms with van der Waals surface area (Å²) in [5.41, 5.74) is 0.606. The van der Waals surface area contributed by atoms with Crippen LogP contribution in [0.4, 0.5) is 0 Å². The molecule has 1 aliphatic heterocycles. The van der Waals surface area contributed by atoms with E-state index in [1.807, 2.05) is 13.8 Å². The Hall–Kier alpha value is -3.23. The van der Waals surface area contributed by atoms with E-state index in [0.29, 0.717) is 11.1 Å². The van der Waals surface area contributed by atoms with Gasteiger partial charge in [-0.2, -0.15) is 0 Å². The lowest BCUT2D eigenvalue weighted by Crippen LogP contribution is -2.46. The molecule has 0 aliphatic carbocycles. The van der Waals surface area contributed by atoms with Crippen LogP contribution in [-0.2, 0) is 14.4 Å². The van der Waals surface area contributed by atoms with Gasteiger partial charge in [-0.1, -0.05) is 26.0 Å².